The Labute approximate surface area is 116 Å². The van der Waals surface area contributed by atoms with Crippen molar-refractivity contribution in [2.45, 2.75) is 10.7 Å². The number of carbonyl (C=O) groups is 2. The van der Waals surface area contributed by atoms with Gasteiger partial charge in [0, 0.05) is 6.07 Å². The van der Waals surface area contributed by atoms with Crippen molar-refractivity contribution in [3.8, 4) is 5.75 Å². The largest absolute Gasteiger partial charge is 0.490 e. The first-order valence-corrected chi connectivity index (χ1v) is 6.18. The zero-order valence-electron chi connectivity index (χ0n) is 9.75. The van der Waals surface area contributed by atoms with Crippen LogP contribution in [0.3, 0.4) is 0 Å². The Hall–Kier alpha value is -1.96. The molecule has 1 aliphatic rings. The number of ether oxygens (including phenoxy) is 1. The molecule has 1 N–H and O–H groups in total. The predicted octanol–water partition coefficient (Wildman–Crippen LogP) is 1.11. The van der Waals surface area contributed by atoms with Crippen LogP contribution in [0.5, 0.6) is 5.75 Å². The van der Waals surface area contributed by atoms with Gasteiger partial charge < -0.3 is 4.74 Å². The SMILES string of the molecule is COc1ccc(C2C(=O)NC(=O)C2Br)cc1[N+](=O)[O-]. The van der Waals surface area contributed by atoms with E-state index in [4.69, 9.17) is 4.74 Å². The Morgan fingerprint density at radius 1 is 1.37 bits per heavy atom. The molecule has 100 valence electrons. The number of methoxy groups -OCH3 is 1. The molecule has 1 heterocycles. The van der Waals surface area contributed by atoms with Crippen LogP contribution in [0.4, 0.5) is 5.69 Å². The van der Waals surface area contributed by atoms with E-state index >= 15 is 0 Å². The molecular weight excluding hydrogens is 320 g/mol. The van der Waals surface area contributed by atoms with Crippen LogP contribution in [-0.2, 0) is 9.59 Å². The van der Waals surface area contributed by atoms with Crippen LogP contribution < -0.4 is 10.1 Å². The van der Waals surface area contributed by atoms with Crippen molar-refractivity contribution in [1.82, 2.24) is 5.32 Å². The zero-order chi connectivity index (χ0) is 14.2. The molecular formula is C11H9BrN2O5. The summed E-state index contributed by atoms with van der Waals surface area (Å²) in [6.45, 7) is 0. The maximum absolute atomic E-state index is 11.7. The van der Waals surface area contributed by atoms with Crippen molar-refractivity contribution in [2.75, 3.05) is 7.11 Å². The number of hydrogen-bond acceptors (Lipinski definition) is 5. The number of halogens is 1. The molecule has 2 rings (SSSR count). The van der Waals surface area contributed by atoms with E-state index in [0.717, 1.165) is 0 Å². The Kier molecular flexibility index (Phi) is 3.52. The highest BCUT2D eigenvalue weighted by atomic mass is 79.9. The first-order valence-electron chi connectivity index (χ1n) is 5.26. The molecule has 1 saturated heterocycles. The van der Waals surface area contributed by atoms with Crippen LogP contribution in [-0.4, -0.2) is 28.7 Å². The van der Waals surface area contributed by atoms with Gasteiger partial charge in [0.1, 0.15) is 4.83 Å². The molecule has 0 aliphatic carbocycles. The van der Waals surface area contributed by atoms with Crippen LogP contribution in [0.15, 0.2) is 18.2 Å². The first-order chi connectivity index (χ1) is 8.95. The second kappa shape index (κ2) is 4.96. The van der Waals surface area contributed by atoms with Gasteiger partial charge in [-0.15, -0.1) is 0 Å². The van der Waals surface area contributed by atoms with Gasteiger partial charge in [0.05, 0.1) is 18.0 Å². The Morgan fingerprint density at radius 3 is 2.53 bits per heavy atom. The molecule has 1 aliphatic heterocycles. The molecule has 1 aromatic rings. The van der Waals surface area contributed by atoms with Gasteiger partial charge in [-0.2, -0.15) is 0 Å². The van der Waals surface area contributed by atoms with Crippen LogP contribution >= 0.6 is 15.9 Å². The third-order valence-electron chi connectivity index (χ3n) is 2.83. The van der Waals surface area contributed by atoms with E-state index < -0.39 is 27.5 Å². The molecule has 2 unspecified atom stereocenters. The zero-order valence-corrected chi connectivity index (χ0v) is 11.3. The lowest BCUT2D eigenvalue weighted by atomic mass is 9.97. The standard InChI is InChI=1S/C11H9BrN2O5/c1-19-7-3-2-5(4-6(7)14(17)18)8-9(12)11(16)13-10(8)15/h2-4,8-9H,1H3,(H,13,15,16). The Morgan fingerprint density at radius 2 is 2.05 bits per heavy atom. The highest BCUT2D eigenvalue weighted by Gasteiger charge is 2.41. The van der Waals surface area contributed by atoms with Crippen LogP contribution in [0.1, 0.15) is 11.5 Å². The summed E-state index contributed by atoms with van der Waals surface area (Å²) in [6, 6.07) is 4.18. The van der Waals surface area contributed by atoms with E-state index in [0.29, 0.717) is 5.56 Å². The summed E-state index contributed by atoms with van der Waals surface area (Å²) in [4.78, 5) is 32.6. The lowest BCUT2D eigenvalue weighted by Crippen LogP contribution is -2.22. The smallest absolute Gasteiger partial charge is 0.311 e. The van der Waals surface area contributed by atoms with Crippen molar-refractivity contribution in [2.24, 2.45) is 0 Å². The van der Waals surface area contributed by atoms with E-state index in [-0.39, 0.29) is 11.4 Å². The molecule has 8 heteroatoms. The lowest BCUT2D eigenvalue weighted by molar-refractivity contribution is -0.385. The number of rotatable bonds is 3. The number of nitrogens with one attached hydrogen (secondary N) is 1. The van der Waals surface area contributed by atoms with E-state index in [2.05, 4.69) is 21.2 Å². The second-order valence-electron chi connectivity index (χ2n) is 3.92. The van der Waals surface area contributed by atoms with E-state index in [1.165, 1.54) is 25.3 Å². The van der Waals surface area contributed by atoms with Crippen LogP contribution in [0, 0.1) is 10.1 Å². The van der Waals surface area contributed by atoms with Crippen molar-refractivity contribution in [3.05, 3.63) is 33.9 Å². The van der Waals surface area contributed by atoms with Crippen molar-refractivity contribution < 1.29 is 19.2 Å². The normalized spacial score (nSPS) is 22.2. The molecule has 19 heavy (non-hydrogen) atoms. The van der Waals surface area contributed by atoms with Gasteiger partial charge in [-0.3, -0.25) is 25.0 Å². The van der Waals surface area contributed by atoms with Gasteiger partial charge in [0.15, 0.2) is 5.75 Å². The highest BCUT2D eigenvalue weighted by molar-refractivity contribution is 9.10. The highest BCUT2D eigenvalue weighted by Crippen LogP contribution is 2.35. The third-order valence-corrected chi connectivity index (χ3v) is 3.78. The van der Waals surface area contributed by atoms with Crippen molar-refractivity contribution >= 4 is 33.4 Å². The first kappa shape index (κ1) is 13.5. The van der Waals surface area contributed by atoms with Gasteiger partial charge in [0.2, 0.25) is 11.8 Å². The quantitative estimate of drug-likeness (QED) is 0.388. The number of nitrogens with zero attached hydrogens (tertiary/aromatic N) is 1. The summed E-state index contributed by atoms with van der Waals surface area (Å²) in [5.41, 5.74) is 0.143. The van der Waals surface area contributed by atoms with Gasteiger partial charge in [-0.1, -0.05) is 22.0 Å². The molecule has 0 saturated carbocycles. The Balaban J connectivity index is 2.46. The second-order valence-corrected chi connectivity index (χ2v) is 4.91. The number of carbonyl (C=O) groups excluding carboxylic acids is 2. The topological polar surface area (TPSA) is 98.5 Å². The maximum Gasteiger partial charge on any atom is 0.311 e. The molecule has 0 aromatic heterocycles. The fourth-order valence-electron chi connectivity index (χ4n) is 1.92. The van der Waals surface area contributed by atoms with Gasteiger partial charge in [-0.05, 0) is 11.6 Å². The average molecular weight is 329 g/mol. The fourth-order valence-corrected chi connectivity index (χ4v) is 2.58. The number of hydrogen-bond donors (Lipinski definition) is 1. The summed E-state index contributed by atoms with van der Waals surface area (Å²) in [7, 11) is 1.32. The van der Waals surface area contributed by atoms with E-state index in [1.54, 1.807) is 0 Å². The van der Waals surface area contributed by atoms with Gasteiger partial charge >= 0.3 is 5.69 Å². The number of nitro benzene ring substituents is 1. The Bertz CT molecular complexity index is 574. The van der Waals surface area contributed by atoms with Gasteiger partial charge in [-0.25, -0.2) is 0 Å². The summed E-state index contributed by atoms with van der Waals surface area (Å²) < 4.78 is 4.88. The fraction of sp³-hybridized carbons (Fsp3) is 0.273. The minimum atomic E-state index is -0.780. The molecule has 7 nitrogen and oxygen atoms in total. The van der Waals surface area contributed by atoms with Crippen molar-refractivity contribution in [3.63, 3.8) is 0 Å². The maximum atomic E-state index is 11.7. The minimum Gasteiger partial charge on any atom is -0.490 e. The summed E-state index contributed by atoms with van der Waals surface area (Å²) >= 11 is 3.11. The summed E-state index contributed by atoms with van der Waals surface area (Å²) in [6.07, 6.45) is 0. The number of nitro groups is 1. The molecule has 1 aromatic carbocycles. The molecule has 2 amide bonds. The van der Waals surface area contributed by atoms with Gasteiger partial charge in [0.25, 0.3) is 0 Å². The average Bonchev–Trinajstić information content (AvgIpc) is 2.62. The number of benzene rings is 1. The minimum absolute atomic E-state index is 0.101. The summed E-state index contributed by atoms with van der Waals surface area (Å²) in [5.74, 6) is -1.61. The lowest BCUT2D eigenvalue weighted by Gasteiger charge is -2.11. The molecule has 2 atom stereocenters. The molecule has 0 spiro atoms. The van der Waals surface area contributed by atoms with E-state index in [1.807, 2.05) is 0 Å². The van der Waals surface area contributed by atoms with Crippen molar-refractivity contribution in [1.29, 1.82) is 0 Å². The van der Waals surface area contributed by atoms with Crippen LogP contribution in [0.25, 0.3) is 0 Å². The third kappa shape index (κ3) is 2.30. The number of alkyl halides is 1. The van der Waals surface area contributed by atoms with Crippen LogP contribution in [0.2, 0.25) is 0 Å². The number of imide groups is 1. The monoisotopic (exact) mass is 328 g/mol. The molecule has 0 radical (unpaired) electrons. The number of amides is 2. The van der Waals surface area contributed by atoms with E-state index in [9.17, 15) is 19.7 Å². The molecule has 0 bridgehead atoms. The summed E-state index contributed by atoms with van der Waals surface area (Å²) in [5, 5.41) is 13.1. The predicted molar refractivity (Wildman–Crippen MR) is 68.3 cm³/mol. The molecule has 1 fully saturated rings.